The van der Waals surface area contributed by atoms with Crippen molar-refractivity contribution in [3.63, 3.8) is 0 Å². The van der Waals surface area contributed by atoms with Gasteiger partial charge in [-0.15, -0.1) is 0 Å². The van der Waals surface area contributed by atoms with Gasteiger partial charge >= 0.3 is 0 Å². The quantitative estimate of drug-likeness (QED) is 0.172. The highest BCUT2D eigenvalue weighted by molar-refractivity contribution is 6.26. The third-order valence-electron chi connectivity index (χ3n) is 10.5. The zero-order valence-electron chi connectivity index (χ0n) is 28.1. The monoisotopic (exact) mass is 662 g/mol. The highest BCUT2D eigenvalue weighted by Gasteiger charge is 2.21. The first-order valence-corrected chi connectivity index (χ1v) is 17.7. The zero-order valence-corrected chi connectivity index (χ0v) is 28.1. The Kier molecular flexibility index (Phi) is 6.22. The van der Waals surface area contributed by atoms with Crippen molar-refractivity contribution in [2.24, 2.45) is 0 Å². The van der Waals surface area contributed by atoms with E-state index in [2.05, 4.69) is 179 Å². The summed E-state index contributed by atoms with van der Waals surface area (Å²) in [5.41, 5.74) is 12.0. The van der Waals surface area contributed by atoms with Crippen molar-refractivity contribution < 1.29 is 0 Å². The van der Waals surface area contributed by atoms with Gasteiger partial charge in [0.2, 0.25) is 5.95 Å². The number of para-hydroxylation sites is 2. The van der Waals surface area contributed by atoms with Crippen LogP contribution in [0.3, 0.4) is 0 Å². The van der Waals surface area contributed by atoms with Gasteiger partial charge in [-0.3, -0.25) is 4.57 Å². The average Bonchev–Trinajstić information content (AvgIpc) is 3.74. The molecule has 8 aromatic carbocycles. The normalized spacial score (nSPS) is 11.8. The first-order chi connectivity index (χ1) is 25.8. The summed E-state index contributed by atoms with van der Waals surface area (Å²) in [6.45, 7) is 0. The molecule has 242 valence electrons. The van der Waals surface area contributed by atoms with Crippen molar-refractivity contribution in [2.75, 3.05) is 0 Å². The van der Waals surface area contributed by atoms with Crippen LogP contribution in [0.15, 0.2) is 182 Å². The minimum absolute atomic E-state index is 0.649. The van der Waals surface area contributed by atoms with Crippen LogP contribution in [-0.2, 0) is 0 Å². The second kappa shape index (κ2) is 11.2. The van der Waals surface area contributed by atoms with Crippen LogP contribution in [0, 0.1) is 0 Å². The number of hydrogen-bond acceptors (Lipinski definition) is 2. The smallest absolute Gasteiger partial charge is 0.235 e. The van der Waals surface area contributed by atoms with Crippen molar-refractivity contribution in [3.8, 4) is 45.3 Å². The molecule has 3 heterocycles. The second-order valence-corrected chi connectivity index (χ2v) is 13.4. The van der Waals surface area contributed by atoms with Crippen molar-refractivity contribution in [3.05, 3.63) is 182 Å². The Morgan fingerprint density at radius 1 is 0.346 bits per heavy atom. The summed E-state index contributed by atoms with van der Waals surface area (Å²) in [6.07, 6.45) is 0. The predicted molar refractivity (Wildman–Crippen MR) is 216 cm³/mol. The summed E-state index contributed by atoms with van der Waals surface area (Å²) in [4.78, 5) is 10.5. The molecule has 0 atom stereocenters. The van der Waals surface area contributed by atoms with E-state index in [0.29, 0.717) is 5.95 Å². The Labute approximate surface area is 299 Å². The number of benzene rings is 8. The fourth-order valence-electron chi connectivity index (χ4n) is 8.20. The summed E-state index contributed by atoms with van der Waals surface area (Å²) in [6, 6.07) is 64.8. The summed E-state index contributed by atoms with van der Waals surface area (Å²) < 4.78 is 4.64. The van der Waals surface area contributed by atoms with Gasteiger partial charge < -0.3 is 4.57 Å². The van der Waals surface area contributed by atoms with Crippen LogP contribution >= 0.6 is 0 Å². The summed E-state index contributed by atoms with van der Waals surface area (Å²) in [5.74, 6) is 0.649. The van der Waals surface area contributed by atoms with E-state index in [4.69, 9.17) is 9.97 Å². The van der Waals surface area contributed by atoms with Gasteiger partial charge in [-0.2, -0.15) is 0 Å². The Morgan fingerprint density at radius 2 is 0.962 bits per heavy atom. The molecule has 52 heavy (non-hydrogen) atoms. The van der Waals surface area contributed by atoms with Gasteiger partial charge in [0.1, 0.15) is 0 Å². The Morgan fingerprint density at radius 3 is 1.71 bits per heavy atom. The first-order valence-electron chi connectivity index (χ1n) is 17.7. The Bertz CT molecular complexity index is 3040. The van der Waals surface area contributed by atoms with Crippen LogP contribution in [0.1, 0.15) is 0 Å². The van der Waals surface area contributed by atoms with Gasteiger partial charge in [-0.1, -0.05) is 140 Å². The SMILES string of the molecule is c1ccc(-c2cc(-c3ccccc3)nc(-n3c4ccccc4c4ccc(-c5ccc6c7c5ccc5cccc(c57)n6-c5ccccc5)cc43)n2)cc1. The molecule has 0 radical (unpaired) electrons. The van der Waals surface area contributed by atoms with Crippen molar-refractivity contribution in [2.45, 2.75) is 0 Å². The fourth-order valence-corrected chi connectivity index (χ4v) is 8.20. The first kappa shape index (κ1) is 28.8. The van der Waals surface area contributed by atoms with E-state index in [-0.39, 0.29) is 0 Å². The molecule has 0 aliphatic carbocycles. The van der Waals surface area contributed by atoms with Crippen LogP contribution < -0.4 is 0 Å². The lowest BCUT2D eigenvalue weighted by molar-refractivity contribution is 0.996. The van der Waals surface area contributed by atoms with Gasteiger partial charge in [0.15, 0.2) is 0 Å². The molecular weight excluding hydrogens is 633 g/mol. The van der Waals surface area contributed by atoms with Crippen LogP contribution in [-0.4, -0.2) is 19.1 Å². The average molecular weight is 663 g/mol. The van der Waals surface area contributed by atoms with Gasteiger partial charge in [-0.25, -0.2) is 9.97 Å². The van der Waals surface area contributed by atoms with Crippen molar-refractivity contribution >= 4 is 54.4 Å². The summed E-state index contributed by atoms with van der Waals surface area (Å²) in [7, 11) is 0. The minimum atomic E-state index is 0.649. The third-order valence-corrected chi connectivity index (χ3v) is 10.5. The predicted octanol–water partition coefficient (Wildman–Crippen LogP) is 12.3. The summed E-state index contributed by atoms with van der Waals surface area (Å²) in [5, 5.41) is 7.43. The number of hydrogen-bond donors (Lipinski definition) is 0. The molecule has 3 aromatic heterocycles. The van der Waals surface area contributed by atoms with E-state index in [9.17, 15) is 0 Å². The standard InChI is InChI=1S/C48H30N4/c1-4-13-31(14-5-1)40-30-41(32-15-6-2-7-16-32)50-48(49-40)52-42-21-11-10-20-37(42)38-25-24-34(29-45(38)52)36-27-28-44-47-39(36)26-23-33-17-12-22-43(46(33)47)51(44)35-18-8-3-9-19-35/h1-30H. The molecule has 0 fully saturated rings. The topological polar surface area (TPSA) is 35.6 Å². The molecule has 11 aromatic rings. The zero-order chi connectivity index (χ0) is 34.2. The molecule has 0 bridgehead atoms. The molecule has 0 saturated heterocycles. The van der Waals surface area contributed by atoms with Crippen LogP contribution in [0.4, 0.5) is 0 Å². The fraction of sp³-hybridized carbons (Fsp3) is 0. The molecule has 4 nitrogen and oxygen atoms in total. The molecule has 11 rings (SSSR count). The van der Waals surface area contributed by atoms with Crippen LogP contribution in [0.25, 0.3) is 99.7 Å². The molecule has 0 aliphatic rings. The van der Waals surface area contributed by atoms with E-state index in [1.54, 1.807) is 0 Å². The minimum Gasteiger partial charge on any atom is -0.309 e. The number of nitrogens with zero attached hydrogens (tertiary/aromatic N) is 4. The van der Waals surface area contributed by atoms with Gasteiger partial charge in [0.05, 0.1) is 33.5 Å². The molecular formula is C48H30N4. The number of rotatable bonds is 5. The highest BCUT2D eigenvalue weighted by atomic mass is 15.2. The van der Waals surface area contributed by atoms with E-state index >= 15 is 0 Å². The molecule has 4 heteroatoms. The van der Waals surface area contributed by atoms with Crippen LogP contribution in [0.2, 0.25) is 0 Å². The molecule has 0 aliphatic heterocycles. The van der Waals surface area contributed by atoms with Crippen molar-refractivity contribution in [1.82, 2.24) is 19.1 Å². The number of aromatic nitrogens is 4. The maximum atomic E-state index is 5.26. The highest BCUT2D eigenvalue weighted by Crippen LogP contribution is 2.43. The lowest BCUT2D eigenvalue weighted by Gasteiger charge is -2.13. The van der Waals surface area contributed by atoms with Gasteiger partial charge in [0.25, 0.3) is 0 Å². The summed E-state index contributed by atoms with van der Waals surface area (Å²) >= 11 is 0. The van der Waals surface area contributed by atoms with Crippen LogP contribution in [0.5, 0.6) is 0 Å². The Hall–Kier alpha value is -7.04. The lowest BCUT2D eigenvalue weighted by atomic mass is 9.94. The van der Waals surface area contributed by atoms with Gasteiger partial charge in [0, 0.05) is 38.4 Å². The largest absolute Gasteiger partial charge is 0.309 e. The molecule has 0 amide bonds. The lowest BCUT2D eigenvalue weighted by Crippen LogP contribution is -2.04. The maximum Gasteiger partial charge on any atom is 0.235 e. The maximum absolute atomic E-state index is 5.26. The van der Waals surface area contributed by atoms with E-state index < -0.39 is 0 Å². The molecule has 0 N–H and O–H groups in total. The van der Waals surface area contributed by atoms with E-state index in [1.807, 2.05) is 12.1 Å². The third kappa shape index (κ3) is 4.28. The van der Waals surface area contributed by atoms with E-state index in [1.165, 1.54) is 54.6 Å². The van der Waals surface area contributed by atoms with Gasteiger partial charge in [-0.05, 0) is 64.4 Å². The molecule has 0 unspecified atom stereocenters. The molecule has 0 saturated carbocycles. The molecule has 0 spiro atoms. The number of fused-ring (bicyclic) bond motifs is 3. The Balaban J connectivity index is 1.18. The van der Waals surface area contributed by atoms with E-state index in [0.717, 1.165) is 39.1 Å². The second-order valence-electron chi connectivity index (χ2n) is 13.4. The van der Waals surface area contributed by atoms with Crippen molar-refractivity contribution in [1.29, 1.82) is 0 Å².